The lowest BCUT2D eigenvalue weighted by molar-refractivity contribution is 0.104. The van der Waals surface area contributed by atoms with Gasteiger partial charge in [-0.2, -0.15) is 0 Å². The Morgan fingerprint density at radius 3 is 2.42 bits per heavy atom. The van der Waals surface area contributed by atoms with Crippen LogP contribution >= 0.6 is 0 Å². The first kappa shape index (κ1) is 8.53. The van der Waals surface area contributed by atoms with Crippen LogP contribution in [-0.4, -0.2) is 12.9 Å². The molecule has 0 aliphatic rings. The molecule has 0 bridgehead atoms. The highest BCUT2D eigenvalue weighted by Gasteiger charge is 1.99. The molecule has 0 radical (unpaired) electrons. The SMILES string of the molecule is C=CC(=O)c1ccc(OC)cc1. The number of allylic oxidation sites excluding steroid dienone is 1. The average molecular weight is 162 g/mol. The number of hydrogen-bond donors (Lipinski definition) is 0. The molecule has 0 unspecified atom stereocenters. The number of rotatable bonds is 3. The fraction of sp³-hybridized carbons (Fsp3) is 0.100. The summed E-state index contributed by atoms with van der Waals surface area (Å²) in [4.78, 5) is 11.1. The summed E-state index contributed by atoms with van der Waals surface area (Å²) in [6.45, 7) is 3.40. The maximum absolute atomic E-state index is 11.1. The zero-order valence-corrected chi connectivity index (χ0v) is 6.91. The first-order valence-electron chi connectivity index (χ1n) is 3.58. The molecule has 0 aliphatic heterocycles. The van der Waals surface area contributed by atoms with Crippen LogP contribution in [0.5, 0.6) is 5.75 Å². The van der Waals surface area contributed by atoms with Crippen molar-refractivity contribution in [2.45, 2.75) is 0 Å². The van der Waals surface area contributed by atoms with Crippen molar-refractivity contribution < 1.29 is 9.53 Å². The Bertz CT molecular complexity index is 285. The van der Waals surface area contributed by atoms with Crippen LogP contribution in [0.3, 0.4) is 0 Å². The molecule has 2 heteroatoms. The minimum absolute atomic E-state index is 0.0716. The quantitative estimate of drug-likeness (QED) is 0.502. The number of benzene rings is 1. The maximum Gasteiger partial charge on any atom is 0.185 e. The number of ether oxygens (including phenoxy) is 1. The standard InChI is InChI=1S/C10H10O2/c1-3-10(11)8-4-6-9(12-2)7-5-8/h3-7H,1H2,2H3. The van der Waals surface area contributed by atoms with Gasteiger partial charge in [0.1, 0.15) is 5.75 Å². The molecule has 0 N–H and O–H groups in total. The molecule has 1 aromatic carbocycles. The minimum atomic E-state index is -0.0716. The number of carbonyl (C=O) groups excluding carboxylic acids is 1. The van der Waals surface area contributed by atoms with E-state index in [0.29, 0.717) is 5.56 Å². The van der Waals surface area contributed by atoms with Gasteiger partial charge in [-0.25, -0.2) is 0 Å². The number of ketones is 1. The molecular formula is C10H10O2. The molecular weight excluding hydrogens is 152 g/mol. The number of methoxy groups -OCH3 is 1. The van der Waals surface area contributed by atoms with Crippen molar-refractivity contribution in [3.05, 3.63) is 42.5 Å². The highest BCUT2D eigenvalue weighted by Crippen LogP contribution is 2.11. The second kappa shape index (κ2) is 3.72. The summed E-state index contributed by atoms with van der Waals surface area (Å²) in [6, 6.07) is 6.92. The highest BCUT2D eigenvalue weighted by atomic mass is 16.5. The number of hydrogen-bond acceptors (Lipinski definition) is 2. The summed E-state index contributed by atoms with van der Waals surface area (Å²) in [7, 11) is 1.59. The van der Waals surface area contributed by atoms with E-state index >= 15 is 0 Å². The van der Waals surface area contributed by atoms with E-state index in [1.165, 1.54) is 6.08 Å². The van der Waals surface area contributed by atoms with Gasteiger partial charge < -0.3 is 4.74 Å². The van der Waals surface area contributed by atoms with Crippen LogP contribution in [0, 0.1) is 0 Å². The van der Waals surface area contributed by atoms with Gasteiger partial charge in [-0.15, -0.1) is 0 Å². The Morgan fingerprint density at radius 2 is 2.00 bits per heavy atom. The van der Waals surface area contributed by atoms with Crippen molar-refractivity contribution in [1.29, 1.82) is 0 Å². The Labute approximate surface area is 71.5 Å². The van der Waals surface area contributed by atoms with E-state index in [0.717, 1.165) is 5.75 Å². The maximum atomic E-state index is 11.1. The molecule has 0 amide bonds. The van der Waals surface area contributed by atoms with Crippen molar-refractivity contribution in [3.8, 4) is 5.75 Å². The third-order valence-electron chi connectivity index (χ3n) is 1.56. The predicted molar refractivity (Wildman–Crippen MR) is 47.5 cm³/mol. The Balaban J connectivity index is 2.91. The lowest BCUT2D eigenvalue weighted by atomic mass is 10.1. The molecule has 2 nitrogen and oxygen atoms in total. The molecule has 0 spiro atoms. The summed E-state index contributed by atoms with van der Waals surface area (Å²) in [5, 5.41) is 0. The molecule has 0 saturated carbocycles. The van der Waals surface area contributed by atoms with Gasteiger partial charge in [0.05, 0.1) is 7.11 Å². The van der Waals surface area contributed by atoms with Gasteiger partial charge in [0, 0.05) is 5.56 Å². The molecule has 0 saturated heterocycles. The third-order valence-corrected chi connectivity index (χ3v) is 1.56. The molecule has 1 rings (SSSR count). The fourth-order valence-electron chi connectivity index (χ4n) is 0.873. The van der Waals surface area contributed by atoms with Crippen LogP contribution in [-0.2, 0) is 0 Å². The molecule has 1 aromatic rings. The Hall–Kier alpha value is -1.57. The predicted octanol–water partition coefficient (Wildman–Crippen LogP) is 2.06. The molecule has 0 heterocycles. The summed E-state index contributed by atoms with van der Waals surface area (Å²) in [5.41, 5.74) is 0.630. The van der Waals surface area contributed by atoms with Gasteiger partial charge >= 0.3 is 0 Å². The fourth-order valence-corrected chi connectivity index (χ4v) is 0.873. The lowest BCUT2D eigenvalue weighted by Crippen LogP contribution is -1.92. The Morgan fingerprint density at radius 1 is 1.42 bits per heavy atom. The van der Waals surface area contributed by atoms with Crippen molar-refractivity contribution in [3.63, 3.8) is 0 Å². The van der Waals surface area contributed by atoms with Gasteiger partial charge in [0.25, 0.3) is 0 Å². The average Bonchev–Trinajstić information content (AvgIpc) is 2.17. The second-order valence-corrected chi connectivity index (χ2v) is 2.30. The van der Waals surface area contributed by atoms with E-state index in [9.17, 15) is 4.79 Å². The lowest BCUT2D eigenvalue weighted by Gasteiger charge is -1.99. The first-order chi connectivity index (χ1) is 5.77. The van der Waals surface area contributed by atoms with Crippen LogP contribution in [0.1, 0.15) is 10.4 Å². The third kappa shape index (κ3) is 1.72. The van der Waals surface area contributed by atoms with E-state index < -0.39 is 0 Å². The van der Waals surface area contributed by atoms with E-state index in [-0.39, 0.29) is 5.78 Å². The van der Waals surface area contributed by atoms with E-state index in [4.69, 9.17) is 4.74 Å². The van der Waals surface area contributed by atoms with Crippen molar-refractivity contribution >= 4 is 5.78 Å². The second-order valence-electron chi connectivity index (χ2n) is 2.30. The summed E-state index contributed by atoms with van der Waals surface area (Å²) in [5.74, 6) is 0.674. The zero-order chi connectivity index (χ0) is 8.97. The first-order valence-corrected chi connectivity index (χ1v) is 3.58. The smallest absolute Gasteiger partial charge is 0.185 e. The van der Waals surface area contributed by atoms with Crippen LogP contribution in [0.2, 0.25) is 0 Å². The van der Waals surface area contributed by atoms with Gasteiger partial charge in [-0.1, -0.05) is 6.58 Å². The van der Waals surface area contributed by atoms with Crippen LogP contribution < -0.4 is 4.74 Å². The van der Waals surface area contributed by atoms with E-state index in [1.54, 1.807) is 31.4 Å². The van der Waals surface area contributed by atoms with Gasteiger partial charge in [0.15, 0.2) is 5.78 Å². The molecule has 0 fully saturated rings. The van der Waals surface area contributed by atoms with Crippen molar-refractivity contribution in [2.24, 2.45) is 0 Å². The van der Waals surface area contributed by atoms with Gasteiger partial charge in [-0.05, 0) is 30.3 Å². The molecule has 62 valence electrons. The Kier molecular flexibility index (Phi) is 2.64. The molecule has 12 heavy (non-hydrogen) atoms. The number of carbonyl (C=O) groups is 1. The summed E-state index contributed by atoms with van der Waals surface area (Å²) < 4.78 is 4.95. The topological polar surface area (TPSA) is 26.3 Å². The minimum Gasteiger partial charge on any atom is -0.497 e. The van der Waals surface area contributed by atoms with Gasteiger partial charge in [-0.3, -0.25) is 4.79 Å². The normalized spacial score (nSPS) is 9.08. The molecule has 0 aromatic heterocycles. The zero-order valence-electron chi connectivity index (χ0n) is 6.91. The molecule has 0 aliphatic carbocycles. The highest BCUT2D eigenvalue weighted by molar-refractivity contribution is 6.04. The van der Waals surface area contributed by atoms with E-state index in [1.807, 2.05) is 0 Å². The van der Waals surface area contributed by atoms with Crippen LogP contribution in [0.4, 0.5) is 0 Å². The molecule has 0 atom stereocenters. The van der Waals surface area contributed by atoms with Gasteiger partial charge in [0.2, 0.25) is 0 Å². The summed E-state index contributed by atoms with van der Waals surface area (Å²) >= 11 is 0. The van der Waals surface area contributed by atoms with Crippen LogP contribution in [0.25, 0.3) is 0 Å². The summed E-state index contributed by atoms with van der Waals surface area (Å²) in [6.07, 6.45) is 1.29. The van der Waals surface area contributed by atoms with Crippen LogP contribution in [0.15, 0.2) is 36.9 Å². The van der Waals surface area contributed by atoms with E-state index in [2.05, 4.69) is 6.58 Å². The monoisotopic (exact) mass is 162 g/mol. The largest absolute Gasteiger partial charge is 0.497 e. The van der Waals surface area contributed by atoms with Crippen molar-refractivity contribution in [2.75, 3.05) is 7.11 Å². The van der Waals surface area contributed by atoms with Crippen molar-refractivity contribution in [1.82, 2.24) is 0 Å².